The van der Waals surface area contributed by atoms with Gasteiger partial charge in [0.1, 0.15) is 18.5 Å². The highest BCUT2D eigenvalue weighted by Crippen LogP contribution is 2.23. The Morgan fingerprint density at radius 1 is 1.36 bits per heavy atom. The number of methoxy groups -OCH3 is 1. The molecule has 7 nitrogen and oxygen atoms in total. The molecule has 0 aliphatic heterocycles. The molecule has 22 heavy (non-hydrogen) atoms. The lowest BCUT2D eigenvalue weighted by Gasteiger charge is -2.21. The van der Waals surface area contributed by atoms with Gasteiger partial charge in [0.05, 0.1) is 12.7 Å². The van der Waals surface area contributed by atoms with Crippen LogP contribution in [0.2, 0.25) is 0 Å². The predicted octanol–water partition coefficient (Wildman–Crippen LogP) is 0.558. The highest BCUT2D eigenvalue weighted by Gasteiger charge is 2.19. The minimum atomic E-state index is -0.876. The first-order valence-electron chi connectivity index (χ1n) is 6.77. The van der Waals surface area contributed by atoms with Gasteiger partial charge in [0.25, 0.3) is 5.91 Å². The van der Waals surface area contributed by atoms with Gasteiger partial charge in [0, 0.05) is 13.2 Å². The Bertz CT molecular complexity index is 473. The third kappa shape index (κ3) is 5.82. The fraction of sp³-hybridized carbons (Fsp3) is 0.400. The number of aliphatic hydroxyl groups is 2. The number of hydrogen-bond acceptors (Lipinski definition) is 6. The minimum Gasteiger partial charge on any atom is -0.491 e. The lowest BCUT2D eigenvalue weighted by atomic mass is 10.0. The van der Waals surface area contributed by atoms with Crippen molar-refractivity contribution >= 4 is 5.91 Å². The number of nitrogens with one attached hydrogen (secondary N) is 1. The van der Waals surface area contributed by atoms with E-state index in [2.05, 4.69) is 0 Å². The second-order valence-electron chi connectivity index (χ2n) is 4.47. The molecule has 0 heterocycles. The van der Waals surface area contributed by atoms with Crippen LogP contribution >= 0.6 is 0 Å². The SMILES string of the molecule is CO[C@@H](C/C=C/C(=O)NO)[C@@H](O)c1ccc(OCCO)cc1. The van der Waals surface area contributed by atoms with Crippen molar-refractivity contribution in [3.05, 3.63) is 42.0 Å². The lowest BCUT2D eigenvalue weighted by Crippen LogP contribution is -2.21. The molecule has 4 N–H and O–H groups in total. The first-order valence-corrected chi connectivity index (χ1v) is 6.77. The highest BCUT2D eigenvalue weighted by molar-refractivity contribution is 5.86. The summed E-state index contributed by atoms with van der Waals surface area (Å²) in [6.45, 7) is 0.143. The summed E-state index contributed by atoms with van der Waals surface area (Å²) in [5.74, 6) is -0.0480. The Morgan fingerprint density at radius 2 is 2.05 bits per heavy atom. The van der Waals surface area contributed by atoms with Gasteiger partial charge in [-0.3, -0.25) is 10.0 Å². The second kappa shape index (κ2) is 9.91. The average Bonchev–Trinajstić information content (AvgIpc) is 2.56. The van der Waals surface area contributed by atoms with Crippen LogP contribution in [0.15, 0.2) is 36.4 Å². The molecule has 1 aromatic carbocycles. The second-order valence-corrected chi connectivity index (χ2v) is 4.47. The molecule has 0 unspecified atom stereocenters. The van der Waals surface area contributed by atoms with Gasteiger partial charge in [-0.05, 0) is 24.1 Å². The van der Waals surface area contributed by atoms with Crippen LogP contribution in [0, 0.1) is 0 Å². The Kier molecular flexibility index (Phi) is 8.16. The normalized spacial score (nSPS) is 13.8. The molecule has 0 bridgehead atoms. The average molecular weight is 311 g/mol. The zero-order valence-corrected chi connectivity index (χ0v) is 12.3. The third-order valence-corrected chi connectivity index (χ3v) is 2.98. The molecular formula is C15H21NO6. The maximum Gasteiger partial charge on any atom is 0.267 e. The van der Waals surface area contributed by atoms with Gasteiger partial charge in [-0.1, -0.05) is 18.2 Å². The monoisotopic (exact) mass is 311 g/mol. The molecule has 0 fully saturated rings. The number of benzene rings is 1. The number of carbonyl (C=O) groups is 1. The van der Waals surface area contributed by atoms with Gasteiger partial charge in [-0.2, -0.15) is 0 Å². The molecule has 2 atom stereocenters. The van der Waals surface area contributed by atoms with Gasteiger partial charge in [-0.15, -0.1) is 0 Å². The van der Waals surface area contributed by atoms with Crippen LogP contribution < -0.4 is 10.2 Å². The van der Waals surface area contributed by atoms with E-state index in [1.165, 1.54) is 18.7 Å². The van der Waals surface area contributed by atoms with Gasteiger partial charge < -0.3 is 19.7 Å². The molecule has 0 saturated carbocycles. The fourth-order valence-electron chi connectivity index (χ4n) is 1.84. The predicted molar refractivity (Wildman–Crippen MR) is 78.5 cm³/mol. The molecule has 0 aromatic heterocycles. The summed E-state index contributed by atoms with van der Waals surface area (Å²) in [4.78, 5) is 10.9. The maximum absolute atomic E-state index is 10.9. The van der Waals surface area contributed by atoms with Crippen molar-refractivity contribution in [2.45, 2.75) is 18.6 Å². The van der Waals surface area contributed by atoms with Gasteiger partial charge in [0.15, 0.2) is 0 Å². The molecule has 0 saturated heterocycles. The van der Waals surface area contributed by atoms with Crippen molar-refractivity contribution in [2.75, 3.05) is 20.3 Å². The Balaban J connectivity index is 2.64. The summed E-state index contributed by atoms with van der Waals surface area (Å²) in [7, 11) is 1.46. The maximum atomic E-state index is 10.9. The Morgan fingerprint density at radius 3 is 2.59 bits per heavy atom. The zero-order valence-electron chi connectivity index (χ0n) is 12.3. The zero-order chi connectivity index (χ0) is 16.4. The van der Waals surface area contributed by atoms with E-state index < -0.39 is 18.1 Å². The summed E-state index contributed by atoms with van der Waals surface area (Å²) in [5.41, 5.74) is 2.12. The number of aliphatic hydroxyl groups excluding tert-OH is 2. The first-order chi connectivity index (χ1) is 10.6. The van der Waals surface area contributed by atoms with Crippen LogP contribution in [-0.4, -0.2) is 47.8 Å². The third-order valence-electron chi connectivity index (χ3n) is 2.98. The van der Waals surface area contributed by atoms with Crippen LogP contribution in [0.4, 0.5) is 0 Å². The van der Waals surface area contributed by atoms with Gasteiger partial charge >= 0.3 is 0 Å². The Labute approximate surface area is 128 Å². The molecular weight excluding hydrogens is 290 g/mol. The highest BCUT2D eigenvalue weighted by atomic mass is 16.5. The van der Waals surface area contributed by atoms with E-state index in [9.17, 15) is 9.90 Å². The number of ether oxygens (including phenoxy) is 2. The summed E-state index contributed by atoms with van der Waals surface area (Å²) in [6.07, 6.45) is 1.55. The summed E-state index contributed by atoms with van der Waals surface area (Å²) < 4.78 is 10.5. The van der Waals surface area contributed by atoms with E-state index in [4.69, 9.17) is 19.8 Å². The summed E-state index contributed by atoms with van der Waals surface area (Å²) in [5, 5.41) is 27.3. The van der Waals surface area contributed by atoms with Crippen LogP contribution in [0.3, 0.4) is 0 Å². The topological polar surface area (TPSA) is 108 Å². The molecule has 1 amide bonds. The van der Waals surface area contributed by atoms with Crippen molar-refractivity contribution in [1.29, 1.82) is 0 Å². The van der Waals surface area contributed by atoms with E-state index >= 15 is 0 Å². The van der Waals surface area contributed by atoms with Gasteiger partial charge in [-0.25, -0.2) is 5.48 Å². The lowest BCUT2D eigenvalue weighted by molar-refractivity contribution is -0.124. The van der Waals surface area contributed by atoms with E-state index in [0.29, 0.717) is 17.7 Å². The number of rotatable bonds is 9. The van der Waals surface area contributed by atoms with Crippen molar-refractivity contribution in [3.8, 4) is 5.75 Å². The van der Waals surface area contributed by atoms with Crippen molar-refractivity contribution in [3.63, 3.8) is 0 Å². The van der Waals surface area contributed by atoms with Crippen molar-refractivity contribution < 1.29 is 29.7 Å². The van der Waals surface area contributed by atoms with E-state index in [1.54, 1.807) is 24.3 Å². The van der Waals surface area contributed by atoms with Gasteiger partial charge in [0.2, 0.25) is 0 Å². The molecule has 0 radical (unpaired) electrons. The molecule has 0 aliphatic carbocycles. The molecule has 0 spiro atoms. The van der Waals surface area contributed by atoms with E-state index in [1.807, 2.05) is 0 Å². The molecule has 7 heteroatoms. The molecule has 0 aliphatic rings. The van der Waals surface area contributed by atoms with Crippen LogP contribution in [0.1, 0.15) is 18.1 Å². The van der Waals surface area contributed by atoms with E-state index in [0.717, 1.165) is 6.08 Å². The summed E-state index contributed by atoms with van der Waals surface area (Å²) in [6, 6.07) is 6.78. The first kappa shape index (κ1) is 18.1. The fourth-order valence-corrected chi connectivity index (χ4v) is 1.84. The van der Waals surface area contributed by atoms with E-state index in [-0.39, 0.29) is 13.2 Å². The van der Waals surface area contributed by atoms with Crippen LogP contribution in [-0.2, 0) is 9.53 Å². The number of amides is 1. The number of hydroxylamine groups is 1. The standard InChI is InChI=1S/C15H21NO6/c1-21-13(3-2-4-14(18)16-20)15(19)11-5-7-12(8-6-11)22-10-9-17/h2,4-8,13,15,17,19-20H,3,9-10H2,1H3,(H,16,18)/b4-2+/t13-,15-/m0/s1. The molecule has 1 rings (SSSR count). The molecule has 122 valence electrons. The quantitative estimate of drug-likeness (QED) is 0.301. The largest absolute Gasteiger partial charge is 0.491 e. The van der Waals surface area contributed by atoms with Crippen molar-refractivity contribution in [1.82, 2.24) is 5.48 Å². The summed E-state index contributed by atoms with van der Waals surface area (Å²) >= 11 is 0. The van der Waals surface area contributed by atoms with Crippen LogP contribution in [0.25, 0.3) is 0 Å². The smallest absolute Gasteiger partial charge is 0.267 e. The minimum absolute atomic E-state index is 0.0656. The number of hydrogen-bond donors (Lipinski definition) is 4. The number of carbonyl (C=O) groups excluding carboxylic acids is 1. The van der Waals surface area contributed by atoms with Crippen LogP contribution in [0.5, 0.6) is 5.75 Å². The Hall–Kier alpha value is -1.93. The molecule has 1 aromatic rings. The van der Waals surface area contributed by atoms with Crippen molar-refractivity contribution in [2.24, 2.45) is 0 Å².